The molecule has 1 aromatic carbocycles. The van der Waals surface area contributed by atoms with Gasteiger partial charge in [0.25, 0.3) is 0 Å². The molecular weight excluding hydrogens is 336 g/mol. The van der Waals surface area contributed by atoms with Crippen LogP contribution in [0.1, 0.15) is 0 Å². The minimum absolute atomic E-state index is 0.299. The molecule has 0 spiro atoms. The fraction of sp³-hybridized carbons (Fsp3) is 0.0909. The number of rotatable bonds is 3. The van der Waals surface area contributed by atoms with Crippen LogP contribution in [-0.4, -0.2) is 38.0 Å². The molecule has 0 fully saturated rings. The van der Waals surface area contributed by atoms with Gasteiger partial charge in [-0.1, -0.05) is 0 Å². The van der Waals surface area contributed by atoms with Crippen molar-refractivity contribution in [2.45, 2.75) is 0 Å². The molecule has 5 nitrogen and oxygen atoms in total. The van der Waals surface area contributed by atoms with E-state index in [0.29, 0.717) is 3.61 Å². The monoisotopic (exact) mass is 348 g/mol. The van der Waals surface area contributed by atoms with E-state index >= 15 is 0 Å². The van der Waals surface area contributed by atoms with E-state index in [0.717, 1.165) is 9.36 Å². The number of methoxy groups -OCH3 is 1. The number of nitrogens with one attached hydrogen (secondary N) is 2. The van der Waals surface area contributed by atoms with Crippen LogP contribution in [0.25, 0.3) is 0 Å². The molecule has 1 aromatic heterocycles. The Kier molecular flexibility index (Phi) is 3.67. The van der Waals surface area contributed by atoms with E-state index in [4.69, 9.17) is 4.74 Å². The molecule has 2 N–H and O–H groups in total. The summed E-state index contributed by atoms with van der Waals surface area (Å²) in [6.07, 6.45) is 1.49. The summed E-state index contributed by atoms with van der Waals surface area (Å²) in [5, 5.41) is 0. The standard InChI is InChI=1S/C11H10N2O3Te/c1-16-7-2-4-8(5-3-7)17-9-6-12-11(15)13-10(9)14/h2-6H,1H3,(H2,12,13,14,15). The molecule has 2 rings (SSSR count). The summed E-state index contributed by atoms with van der Waals surface area (Å²) in [6.45, 7) is 0. The molecule has 0 bridgehead atoms. The number of benzene rings is 1. The maximum absolute atomic E-state index is 11.5. The fourth-order valence-corrected chi connectivity index (χ4v) is 3.49. The molecular formula is C11H10N2O3Te. The summed E-state index contributed by atoms with van der Waals surface area (Å²) in [5.41, 5.74) is -0.770. The number of hydrogen-bond acceptors (Lipinski definition) is 3. The average Bonchev–Trinajstić information content (AvgIpc) is 2.34. The molecule has 0 saturated heterocycles. The van der Waals surface area contributed by atoms with Crippen molar-refractivity contribution in [2.24, 2.45) is 0 Å². The molecule has 0 atom stereocenters. The topological polar surface area (TPSA) is 75.0 Å². The molecule has 17 heavy (non-hydrogen) atoms. The van der Waals surface area contributed by atoms with Crippen LogP contribution >= 0.6 is 0 Å². The van der Waals surface area contributed by atoms with Crippen molar-refractivity contribution < 1.29 is 4.74 Å². The second-order valence-electron chi connectivity index (χ2n) is 3.21. The van der Waals surface area contributed by atoms with Gasteiger partial charge >= 0.3 is 107 Å². The van der Waals surface area contributed by atoms with Crippen molar-refractivity contribution >= 4 is 28.1 Å². The number of aromatic amines is 2. The van der Waals surface area contributed by atoms with Crippen LogP contribution in [0.15, 0.2) is 40.1 Å². The molecule has 0 aliphatic rings. The van der Waals surface area contributed by atoms with E-state index < -0.39 is 26.6 Å². The Balaban J connectivity index is 2.25. The first-order valence-electron chi connectivity index (χ1n) is 4.83. The van der Waals surface area contributed by atoms with Gasteiger partial charge in [-0.15, -0.1) is 0 Å². The van der Waals surface area contributed by atoms with Gasteiger partial charge in [-0.3, -0.25) is 0 Å². The molecule has 0 radical (unpaired) electrons. The van der Waals surface area contributed by atoms with Crippen LogP contribution in [0.3, 0.4) is 0 Å². The first-order valence-corrected chi connectivity index (χ1v) is 7.16. The van der Waals surface area contributed by atoms with E-state index in [-0.39, 0.29) is 5.56 Å². The zero-order valence-corrected chi connectivity index (χ0v) is 11.4. The van der Waals surface area contributed by atoms with Gasteiger partial charge in [-0.25, -0.2) is 0 Å². The van der Waals surface area contributed by atoms with Gasteiger partial charge in [0, 0.05) is 0 Å². The Morgan fingerprint density at radius 3 is 2.47 bits per heavy atom. The molecule has 6 heteroatoms. The molecule has 0 aliphatic carbocycles. The molecule has 2 aromatic rings. The molecule has 0 unspecified atom stereocenters. The average molecular weight is 346 g/mol. The van der Waals surface area contributed by atoms with Crippen molar-refractivity contribution in [3.05, 3.63) is 51.3 Å². The Hall–Kier alpha value is -1.51. The molecule has 0 amide bonds. The fourth-order valence-electron chi connectivity index (χ4n) is 1.24. The van der Waals surface area contributed by atoms with Crippen molar-refractivity contribution in [1.82, 2.24) is 9.97 Å². The van der Waals surface area contributed by atoms with Crippen LogP contribution in [0.4, 0.5) is 0 Å². The Morgan fingerprint density at radius 1 is 1.18 bits per heavy atom. The number of ether oxygens (including phenoxy) is 1. The van der Waals surface area contributed by atoms with Crippen LogP contribution < -0.4 is 23.2 Å². The summed E-state index contributed by atoms with van der Waals surface area (Å²) in [5.74, 6) is 0.789. The Morgan fingerprint density at radius 2 is 1.88 bits per heavy atom. The zero-order valence-electron chi connectivity index (χ0n) is 9.02. The summed E-state index contributed by atoms with van der Waals surface area (Å²) in [4.78, 5) is 27.1. The van der Waals surface area contributed by atoms with Gasteiger partial charge in [0.2, 0.25) is 0 Å². The van der Waals surface area contributed by atoms with Crippen molar-refractivity contribution in [2.75, 3.05) is 7.11 Å². The Bertz CT molecular complexity index is 616. The SMILES string of the molecule is COc1ccc([Te]c2c[nH]c(=O)[nH]c2=O)cc1. The van der Waals surface area contributed by atoms with E-state index in [1.54, 1.807) is 7.11 Å². The van der Waals surface area contributed by atoms with Gasteiger partial charge in [0.1, 0.15) is 0 Å². The normalized spacial score (nSPS) is 10.2. The second kappa shape index (κ2) is 5.21. The van der Waals surface area contributed by atoms with Crippen LogP contribution in [0.2, 0.25) is 0 Å². The van der Waals surface area contributed by atoms with E-state index in [1.165, 1.54) is 6.20 Å². The summed E-state index contributed by atoms with van der Waals surface area (Å²) in [7, 11) is 1.61. The van der Waals surface area contributed by atoms with Crippen molar-refractivity contribution in [1.29, 1.82) is 0 Å². The van der Waals surface area contributed by atoms with Crippen LogP contribution in [-0.2, 0) is 0 Å². The predicted octanol–water partition coefficient (Wildman–Crippen LogP) is -1.27. The van der Waals surface area contributed by atoms with E-state index in [9.17, 15) is 9.59 Å². The van der Waals surface area contributed by atoms with E-state index in [2.05, 4.69) is 9.97 Å². The van der Waals surface area contributed by atoms with Crippen LogP contribution in [0.5, 0.6) is 5.75 Å². The first-order chi connectivity index (χ1) is 8.19. The van der Waals surface area contributed by atoms with Gasteiger partial charge < -0.3 is 0 Å². The van der Waals surface area contributed by atoms with E-state index in [1.807, 2.05) is 24.3 Å². The summed E-state index contributed by atoms with van der Waals surface area (Å²) < 4.78 is 6.82. The molecule has 88 valence electrons. The van der Waals surface area contributed by atoms with Gasteiger partial charge in [-0.05, 0) is 0 Å². The predicted molar refractivity (Wildman–Crippen MR) is 65.7 cm³/mol. The summed E-state index contributed by atoms with van der Waals surface area (Å²) in [6, 6.07) is 7.59. The first kappa shape index (κ1) is 12.0. The van der Waals surface area contributed by atoms with Crippen LogP contribution in [0, 0.1) is 0 Å². The minimum atomic E-state index is -0.786. The van der Waals surface area contributed by atoms with Crippen molar-refractivity contribution in [3.63, 3.8) is 0 Å². The number of hydrogen-bond donors (Lipinski definition) is 2. The quantitative estimate of drug-likeness (QED) is 0.681. The molecule has 0 saturated carbocycles. The summed E-state index contributed by atoms with van der Waals surface area (Å²) >= 11 is -0.786. The molecule has 0 aliphatic heterocycles. The second-order valence-corrected chi connectivity index (χ2v) is 6.40. The Labute approximate surface area is 107 Å². The van der Waals surface area contributed by atoms with Crippen molar-refractivity contribution in [3.8, 4) is 5.75 Å². The van der Waals surface area contributed by atoms with Gasteiger partial charge in [0.05, 0.1) is 0 Å². The zero-order chi connectivity index (χ0) is 12.3. The third-order valence-electron chi connectivity index (χ3n) is 2.07. The molecule has 1 heterocycles. The number of H-pyrrole nitrogens is 2. The maximum atomic E-state index is 11.5. The van der Waals surface area contributed by atoms with Gasteiger partial charge in [-0.2, -0.15) is 0 Å². The third kappa shape index (κ3) is 2.99. The number of aromatic nitrogens is 2. The van der Waals surface area contributed by atoms with Gasteiger partial charge in [0.15, 0.2) is 0 Å². The third-order valence-corrected chi connectivity index (χ3v) is 5.02.